The molecule has 26 rings (SSSR count). The first-order chi connectivity index (χ1) is 62.3. The van der Waals surface area contributed by atoms with Gasteiger partial charge in [0, 0.05) is 26.0 Å². The molecule has 6 heteroatoms. The second kappa shape index (κ2) is 30.5. The Kier molecular flexibility index (Phi) is 18.0. The summed E-state index contributed by atoms with van der Waals surface area (Å²) in [5.74, 6) is 0. The smallest absolute Gasteiger partial charge is 0.456 e. The molecule has 0 bridgehead atoms. The van der Waals surface area contributed by atoms with Gasteiger partial charge in [0.2, 0.25) is 0 Å². The van der Waals surface area contributed by atoms with E-state index in [1.54, 1.807) is 0 Å². The third-order valence-corrected chi connectivity index (χ3v) is 26.6. The van der Waals surface area contributed by atoms with Crippen molar-refractivity contribution in [2.75, 3.05) is 0 Å². The number of furan rings is 2. The summed E-state index contributed by atoms with van der Waals surface area (Å²) in [6.45, 7) is 0. The summed E-state index contributed by atoms with van der Waals surface area (Å²) >= 11 is 3.57. The lowest BCUT2D eigenvalue weighted by molar-refractivity contribution is 0.426. The molecule has 24 aromatic carbocycles. The van der Waals surface area contributed by atoms with E-state index in [2.05, 4.69) is 380 Å². The van der Waals surface area contributed by atoms with Gasteiger partial charge < -0.3 is 18.9 Å². The van der Waals surface area contributed by atoms with Gasteiger partial charge in [-0.15, -0.1) is 0 Å². The molecule has 0 fully saturated rings. The van der Waals surface area contributed by atoms with Crippen molar-refractivity contribution in [3.63, 3.8) is 0 Å². The van der Waals surface area contributed by atoms with E-state index >= 15 is 0 Å². The maximum absolute atomic E-state index is 10.3. The maximum atomic E-state index is 10.3. The first-order valence-corrected chi connectivity index (χ1v) is 43.7. The van der Waals surface area contributed by atoms with Crippen LogP contribution in [0.5, 0.6) is 0 Å². The molecule has 0 saturated carbocycles. The predicted molar refractivity (Wildman–Crippen MR) is 540 cm³/mol. The number of rotatable bonds is 8. The lowest BCUT2D eigenvalue weighted by atomic mass is 9.72. The molecule has 0 saturated heterocycles. The molecular formula is C120H74BBrO4. The number of benzene rings is 24. The van der Waals surface area contributed by atoms with E-state index < -0.39 is 7.12 Å². The average molecular weight is 1670 g/mol. The monoisotopic (exact) mass is 1670 g/mol. The predicted octanol–water partition coefficient (Wildman–Crippen LogP) is 32.8. The zero-order chi connectivity index (χ0) is 83.6. The molecular weight excluding hydrogens is 1600 g/mol. The highest BCUT2D eigenvalue weighted by atomic mass is 79.9. The van der Waals surface area contributed by atoms with Crippen LogP contribution in [0, 0.1) is 0 Å². The Bertz CT molecular complexity index is 8860. The van der Waals surface area contributed by atoms with E-state index in [1.807, 2.05) is 72.8 Å². The normalized spacial score (nSPS) is 11.8. The molecule has 2 aromatic heterocycles. The van der Waals surface area contributed by atoms with Crippen LogP contribution in [-0.4, -0.2) is 17.2 Å². The molecule has 2 N–H and O–H groups in total. The van der Waals surface area contributed by atoms with Gasteiger partial charge in [-0.1, -0.05) is 380 Å². The van der Waals surface area contributed by atoms with Crippen LogP contribution in [0.3, 0.4) is 0 Å². The molecule has 2 heterocycles. The quantitative estimate of drug-likeness (QED) is 0.0904. The van der Waals surface area contributed by atoms with Crippen molar-refractivity contribution in [1.82, 2.24) is 0 Å². The van der Waals surface area contributed by atoms with Crippen LogP contribution in [0.2, 0.25) is 0 Å². The van der Waals surface area contributed by atoms with Crippen LogP contribution >= 0.6 is 15.9 Å². The molecule has 0 atom stereocenters. The van der Waals surface area contributed by atoms with Crippen molar-refractivity contribution in [2.45, 2.75) is 0 Å². The summed E-state index contributed by atoms with van der Waals surface area (Å²) in [5, 5.41) is 54.5. The molecule has 0 spiro atoms. The van der Waals surface area contributed by atoms with Crippen LogP contribution in [0.4, 0.5) is 0 Å². The summed E-state index contributed by atoms with van der Waals surface area (Å²) in [7, 11) is -1.56. The van der Waals surface area contributed by atoms with Gasteiger partial charge in [0.15, 0.2) is 0 Å². The highest BCUT2D eigenvalue weighted by Crippen LogP contribution is 2.50. The Morgan fingerprint density at radius 1 is 0.167 bits per heavy atom. The second-order valence-electron chi connectivity index (χ2n) is 32.9. The van der Waals surface area contributed by atoms with Crippen molar-refractivity contribution in [3.05, 3.63) is 441 Å². The fourth-order valence-corrected chi connectivity index (χ4v) is 20.7. The van der Waals surface area contributed by atoms with Gasteiger partial charge in [0.05, 0.1) is 0 Å². The van der Waals surface area contributed by atoms with Gasteiger partial charge in [-0.25, -0.2) is 0 Å². The van der Waals surface area contributed by atoms with Crippen molar-refractivity contribution >= 4 is 202 Å². The van der Waals surface area contributed by atoms with E-state index in [1.165, 1.54) is 163 Å². The Hall–Kier alpha value is -15.5. The fraction of sp³-hybridized carbons (Fsp3) is 0. The van der Waals surface area contributed by atoms with E-state index in [-0.39, 0.29) is 0 Å². The van der Waals surface area contributed by atoms with Crippen LogP contribution in [0.25, 0.3) is 251 Å². The summed E-state index contributed by atoms with van der Waals surface area (Å²) in [6, 6.07) is 156. The number of hydrogen-bond donors (Lipinski definition) is 2. The van der Waals surface area contributed by atoms with E-state index in [9.17, 15) is 10.0 Å². The highest BCUT2D eigenvalue weighted by Gasteiger charge is 2.25. The Labute approximate surface area is 734 Å². The summed E-state index contributed by atoms with van der Waals surface area (Å²) in [6.07, 6.45) is 0. The third-order valence-electron chi connectivity index (χ3n) is 26.0. The van der Waals surface area contributed by atoms with Crippen LogP contribution < -0.4 is 5.46 Å². The summed E-state index contributed by atoms with van der Waals surface area (Å²) in [4.78, 5) is 0. The lowest BCUT2D eigenvalue weighted by Gasteiger charge is -2.19. The summed E-state index contributed by atoms with van der Waals surface area (Å²) < 4.78 is 13.3. The van der Waals surface area contributed by atoms with E-state index in [0.29, 0.717) is 5.46 Å². The van der Waals surface area contributed by atoms with E-state index in [0.717, 1.165) is 92.1 Å². The third kappa shape index (κ3) is 12.4. The number of para-hydroxylation sites is 2. The van der Waals surface area contributed by atoms with Gasteiger partial charge in [0.1, 0.15) is 22.3 Å². The second-order valence-corrected chi connectivity index (χ2v) is 33.8. The molecule has 26 aromatic rings. The van der Waals surface area contributed by atoms with Gasteiger partial charge in [-0.2, -0.15) is 0 Å². The number of fused-ring (bicyclic) bond motifs is 26. The van der Waals surface area contributed by atoms with Crippen molar-refractivity contribution < 1.29 is 18.9 Å². The number of hydrogen-bond acceptors (Lipinski definition) is 4. The maximum Gasteiger partial charge on any atom is 0.489 e. The Balaban J connectivity index is 0.000000116. The van der Waals surface area contributed by atoms with Gasteiger partial charge in [0.25, 0.3) is 0 Å². The first kappa shape index (κ1) is 74.3. The molecule has 4 nitrogen and oxygen atoms in total. The fourth-order valence-electron chi connectivity index (χ4n) is 20.5. The largest absolute Gasteiger partial charge is 0.489 e. The topological polar surface area (TPSA) is 66.7 Å². The molecule has 0 aliphatic heterocycles. The minimum Gasteiger partial charge on any atom is -0.456 e. The highest BCUT2D eigenvalue weighted by molar-refractivity contribution is 9.10. The zero-order valence-corrected chi connectivity index (χ0v) is 69.8. The molecule has 0 radical (unpaired) electrons. The van der Waals surface area contributed by atoms with E-state index in [4.69, 9.17) is 8.83 Å². The minimum atomic E-state index is -1.56. The van der Waals surface area contributed by atoms with Gasteiger partial charge in [-0.05, 0) is 285 Å². The van der Waals surface area contributed by atoms with Gasteiger partial charge in [-0.3, -0.25) is 0 Å². The minimum absolute atomic E-state index is 0.540. The molecule has 0 unspecified atom stereocenters. The van der Waals surface area contributed by atoms with Crippen molar-refractivity contribution in [2.24, 2.45) is 0 Å². The Morgan fingerprint density at radius 2 is 0.413 bits per heavy atom. The molecule has 0 amide bonds. The molecule has 588 valence electrons. The van der Waals surface area contributed by atoms with Crippen molar-refractivity contribution in [1.29, 1.82) is 0 Å². The lowest BCUT2D eigenvalue weighted by Crippen LogP contribution is -2.31. The summed E-state index contributed by atoms with van der Waals surface area (Å²) in [5.41, 5.74) is 20.8. The van der Waals surface area contributed by atoms with Gasteiger partial charge >= 0.3 is 7.12 Å². The first-order valence-electron chi connectivity index (χ1n) is 42.9. The van der Waals surface area contributed by atoms with Crippen molar-refractivity contribution in [3.8, 4) is 77.9 Å². The molecule has 0 aliphatic rings. The SMILES string of the molecule is Brc1ccc(-c2cc3c4ccccc4c4ccccc4c3c3ccccc23)cc1.OB(O)c1c2ccccc2c(-c2cccc(-c3ccc4oc5ccccc5c4c3)c2)c2ccccc12.c1cc(-c2ccc3oc4ccccc4c3c2)cc(-c2c3ccccc3c(-c3ccc(-c4cc5c6ccccc6c6ccccc6c5c5ccccc45)cc3)c3ccccc23)c1. The zero-order valence-electron chi connectivity index (χ0n) is 68.2. The molecule has 126 heavy (non-hydrogen) atoms. The molecule has 0 aliphatic carbocycles. The Morgan fingerprint density at radius 3 is 0.786 bits per heavy atom. The standard InChI is InChI=1S/C60H36O.C32H21BO3.C28H17Br/c1-2-18-44-42(16-1)43-17-3-5-21-47(43)60-48-22-6-4-19-45(48)53(36-55(44)60)37-28-30-38(31-29-37)58-49-23-7-9-25-51(49)59(52-26-10-8-24-50(52)58)41-15-13-14-39(34-41)40-32-33-57-54(35-40)46-20-11-12-27-56(46)61-57;34-33(35)32-26-13-3-1-11-24(26)31(25-12-2-4-14-27(25)32)22-9-7-8-20(18-22)21-16-17-30-28(19-21)23-10-5-6-15-29(23)36-30;29-19-15-13-18(14-16-19)26-17-27-22-9-2-1-7-20(22)21-8-3-5-11-24(21)28(27)25-12-6-4-10-23(25)26/h1-36H;1-19,34-35H;1-17H. The average Bonchev–Trinajstić information content (AvgIpc) is 0.919. The number of halogens is 1. The van der Waals surface area contributed by atoms with Crippen LogP contribution in [0.1, 0.15) is 0 Å². The van der Waals surface area contributed by atoms with Crippen LogP contribution in [0.15, 0.2) is 450 Å². The van der Waals surface area contributed by atoms with Crippen LogP contribution in [-0.2, 0) is 0 Å².